The van der Waals surface area contributed by atoms with E-state index in [0.717, 1.165) is 6.42 Å². The van der Waals surface area contributed by atoms with Crippen LogP contribution in [0.15, 0.2) is 54.2 Å². The molecule has 5 nitrogen and oxygen atoms in total. The Morgan fingerprint density at radius 2 is 1.75 bits per heavy atom. The van der Waals surface area contributed by atoms with Crippen molar-refractivity contribution in [2.45, 2.75) is 26.7 Å². The van der Waals surface area contributed by atoms with Crippen LogP contribution < -0.4 is 10.1 Å². The zero-order valence-electron chi connectivity index (χ0n) is 16.0. The fourth-order valence-electron chi connectivity index (χ4n) is 3.03. The highest BCUT2D eigenvalue weighted by Gasteiger charge is 2.38. The van der Waals surface area contributed by atoms with Crippen molar-refractivity contribution in [2.75, 3.05) is 18.5 Å². The van der Waals surface area contributed by atoms with E-state index in [4.69, 9.17) is 4.74 Å². The molecule has 0 aromatic heterocycles. The largest absolute Gasteiger partial charge is 0.494 e. The Morgan fingerprint density at radius 3 is 2.43 bits per heavy atom. The van der Waals surface area contributed by atoms with Gasteiger partial charge >= 0.3 is 0 Å². The van der Waals surface area contributed by atoms with Crippen molar-refractivity contribution in [1.29, 1.82) is 0 Å². The summed E-state index contributed by atoms with van der Waals surface area (Å²) in [6, 6.07) is 12.8. The molecule has 0 bridgehead atoms. The molecular formula is C22H23FN2O3. The van der Waals surface area contributed by atoms with Gasteiger partial charge < -0.3 is 10.1 Å². The Balaban J connectivity index is 1.99. The second-order valence-corrected chi connectivity index (χ2v) is 6.52. The highest BCUT2D eigenvalue weighted by atomic mass is 19.1. The molecule has 0 saturated heterocycles. The number of nitrogens with zero attached hydrogens (tertiary/aromatic N) is 1. The van der Waals surface area contributed by atoms with E-state index in [1.165, 1.54) is 29.2 Å². The first-order valence-electron chi connectivity index (χ1n) is 9.41. The summed E-state index contributed by atoms with van der Waals surface area (Å²) in [5.74, 6) is -0.481. The first-order valence-corrected chi connectivity index (χ1v) is 9.41. The molecule has 0 aliphatic carbocycles. The molecule has 146 valence electrons. The average molecular weight is 382 g/mol. The molecule has 0 saturated carbocycles. The summed E-state index contributed by atoms with van der Waals surface area (Å²) >= 11 is 0. The summed E-state index contributed by atoms with van der Waals surface area (Å²) in [7, 11) is 0. The Hall–Kier alpha value is -3.15. The Morgan fingerprint density at radius 1 is 1.00 bits per heavy atom. The molecule has 0 unspecified atom stereocenters. The number of benzene rings is 2. The number of nitrogens with one attached hydrogen (secondary N) is 1. The third kappa shape index (κ3) is 4.06. The summed E-state index contributed by atoms with van der Waals surface area (Å²) in [6.07, 6.45) is 1.54. The molecule has 1 aliphatic rings. The summed E-state index contributed by atoms with van der Waals surface area (Å²) in [4.78, 5) is 27.0. The van der Waals surface area contributed by atoms with Gasteiger partial charge in [-0.05, 0) is 42.7 Å². The lowest BCUT2D eigenvalue weighted by atomic mass is 10.0. The van der Waals surface area contributed by atoms with Gasteiger partial charge in [0, 0.05) is 18.3 Å². The number of amides is 2. The first-order chi connectivity index (χ1) is 13.5. The van der Waals surface area contributed by atoms with Crippen LogP contribution in [0, 0.1) is 5.82 Å². The van der Waals surface area contributed by atoms with Crippen molar-refractivity contribution in [3.8, 4) is 5.75 Å². The van der Waals surface area contributed by atoms with Crippen molar-refractivity contribution in [3.05, 3.63) is 65.6 Å². The maximum Gasteiger partial charge on any atom is 0.278 e. The zero-order chi connectivity index (χ0) is 20.1. The second kappa shape index (κ2) is 8.69. The molecule has 0 radical (unpaired) electrons. The van der Waals surface area contributed by atoms with E-state index in [2.05, 4.69) is 5.32 Å². The lowest BCUT2D eigenvalue weighted by Gasteiger charge is -2.14. The van der Waals surface area contributed by atoms with Gasteiger partial charge in [0.1, 0.15) is 17.3 Å². The number of imide groups is 1. The van der Waals surface area contributed by atoms with Crippen LogP contribution >= 0.6 is 0 Å². The van der Waals surface area contributed by atoms with Gasteiger partial charge in [-0.3, -0.25) is 14.5 Å². The highest BCUT2D eigenvalue weighted by molar-refractivity contribution is 6.36. The van der Waals surface area contributed by atoms with E-state index in [1.807, 2.05) is 26.0 Å². The van der Waals surface area contributed by atoms with E-state index in [-0.39, 0.29) is 23.1 Å². The Bertz CT molecular complexity index is 906. The first kappa shape index (κ1) is 19.6. The summed E-state index contributed by atoms with van der Waals surface area (Å²) in [6.45, 7) is 4.84. The van der Waals surface area contributed by atoms with Crippen LogP contribution in [-0.4, -0.2) is 29.9 Å². The average Bonchev–Trinajstić information content (AvgIpc) is 2.92. The SMILES string of the molecule is CCCOc1cccc(NC2=C(c3ccc(F)cc3)C(=O)N(CCC)C2=O)c1. The summed E-state index contributed by atoms with van der Waals surface area (Å²) in [5.41, 5.74) is 1.58. The maximum absolute atomic E-state index is 13.3. The van der Waals surface area contributed by atoms with Gasteiger partial charge in [0.2, 0.25) is 0 Å². The highest BCUT2D eigenvalue weighted by Crippen LogP contribution is 2.31. The molecule has 2 aromatic carbocycles. The molecule has 1 heterocycles. The predicted molar refractivity (Wildman–Crippen MR) is 106 cm³/mol. The lowest BCUT2D eigenvalue weighted by Crippen LogP contribution is -2.33. The third-order valence-electron chi connectivity index (χ3n) is 4.32. The standard InChI is InChI=1S/C22H23FN2O3/c1-3-12-25-21(26)19(15-8-10-16(23)11-9-15)20(22(25)27)24-17-6-5-7-18(14-17)28-13-4-2/h5-11,14,24H,3-4,12-13H2,1-2H3. The Kier molecular flexibility index (Phi) is 6.09. The van der Waals surface area contributed by atoms with Gasteiger partial charge in [-0.2, -0.15) is 0 Å². The molecule has 0 fully saturated rings. The minimum atomic E-state index is -0.401. The van der Waals surface area contributed by atoms with E-state index < -0.39 is 5.82 Å². The van der Waals surface area contributed by atoms with E-state index >= 15 is 0 Å². The van der Waals surface area contributed by atoms with E-state index in [9.17, 15) is 14.0 Å². The third-order valence-corrected chi connectivity index (χ3v) is 4.32. The van der Waals surface area contributed by atoms with Crippen LogP contribution in [-0.2, 0) is 9.59 Å². The number of hydrogen-bond donors (Lipinski definition) is 1. The smallest absolute Gasteiger partial charge is 0.278 e. The number of hydrogen-bond acceptors (Lipinski definition) is 4. The minimum absolute atomic E-state index is 0.192. The molecule has 6 heteroatoms. The minimum Gasteiger partial charge on any atom is -0.494 e. The normalized spacial score (nSPS) is 14.0. The Labute approximate surface area is 163 Å². The number of carbonyl (C=O) groups excluding carboxylic acids is 2. The van der Waals surface area contributed by atoms with Crippen molar-refractivity contribution >= 4 is 23.1 Å². The molecule has 3 rings (SSSR count). The van der Waals surface area contributed by atoms with Crippen molar-refractivity contribution < 1.29 is 18.7 Å². The molecule has 1 N–H and O–H groups in total. The van der Waals surface area contributed by atoms with Gasteiger partial charge in [-0.25, -0.2) is 4.39 Å². The number of rotatable bonds is 8. The number of halogens is 1. The molecule has 28 heavy (non-hydrogen) atoms. The fraction of sp³-hybridized carbons (Fsp3) is 0.273. The number of carbonyl (C=O) groups is 2. The van der Waals surface area contributed by atoms with Crippen molar-refractivity contribution in [2.24, 2.45) is 0 Å². The number of anilines is 1. The van der Waals surface area contributed by atoms with Crippen LogP contribution in [0.3, 0.4) is 0 Å². The van der Waals surface area contributed by atoms with Crippen LogP contribution in [0.4, 0.5) is 10.1 Å². The summed E-state index contributed by atoms with van der Waals surface area (Å²) in [5, 5.41) is 3.08. The molecule has 2 amide bonds. The summed E-state index contributed by atoms with van der Waals surface area (Å²) < 4.78 is 19.0. The topological polar surface area (TPSA) is 58.6 Å². The molecule has 0 atom stereocenters. The van der Waals surface area contributed by atoms with Crippen molar-refractivity contribution in [1.82, 2.24) is 4.90 Å². The van der Waals surface area contributed by atoms with Gasteiger partial charge in [0.15, 0.2) is 0 Å². The van der Waals surface area contributed by atoms with Crippen LogP contribution in [0.2, 0.25) is 0 Å². The maximum atomic E-state index is 13.3. The molecule has 1 aliphatic heterocycles. The van der Waals surface area contributed by atoms with Crippen LogP contribution in [0.5, 0.6) is 5.75 Å². The monoisotopic (exact) mass is 382 g/mol. The van der Waals surface area contributed by atoms with Gasteiger partial charge in [0.05, 0.1) is 12.2 Å². The molecular weight excluding hydrogens is 359 g/mol. The second-order valence-electron chi connectivity index (χ2n) is 6.52. The quantitative estimate of drug-likeness (QED) is 0.695. The van der Waals surface area contributed by atoms with Crippen LogP contribution in [0.25, 0.3) is 5.57 Å². The van der Waals surface area contributed by atoms with Gasteiger partial charge in [0.25, 0.3) is 11.8 Å². The zero-order valence-corrected chi connectivity index (χ0v) is 16.0. The van der Waals surface area contributed by atoms with Gasteiger partial charge in [-0.1, -0.05) is 32.0 Å². The molecule has 2 aromatic rings. The molecule has 0 spiro atoms. The number of ether oxygens (including phenoxy) is 1. The van der Waals surface area contributed by atoms with Crippen molar-refractivity contribution in [3.63, 3.8) is 0 Å². The van der Waals surface area contributed by atoms with E-state index in [0.29, 0.717) is 36.6 Å². The predicted octanol–water partition coefficient (Wildman–Crippen LogP) is 4.22. The lowest BCUT2D eigenvalue weighted by molar-refractivity contribution is -0.136. The fourth-order valence-corrected chi connectivity index (χ4v) is 3.03. The van der Waals surface area contributed by atoms with Gasteiger partial charge in [-0.15, -0.1) is 0 Å². The van der Waals surface area contributed by atoms with E-state index in [1.54, 1.807) is 12.1 Å². The van der Waals surface area contributed by atoms with Crippen LogP contribution in [0.1, 0.15) is 32.3 Å².